The number of hydrogen-bond acceptors (Lipinski definition) is 6. The van der Waals surface area contributed by atoms with Crippen molar-refractivity contribution in [3.8, 4) is 5.75 Å². The van der Waals surface area contributed by atoms with Gasteiger partial charge in [-0.15, -0.1) is 11.3 Å². The molecule has 0 unspecified atom stereocenters. The molecule has 0 aliphatic heterocycles. The second kappa shape index (κ2) is 9.02. The van der Waals surface area contributed by atoms with E-state index in [9.17, 15) is 13.2 Å². The van der Waals surface area contributed by atoms with Gasteiger partial charge in [0.05, 0.1) is 21.3 Å². The van der Waals surface area contributed by atoms with Crippen LogP contribution in [0.25, 0.3) is 6.08 Å². The SMILES string of the molecule is Cc1nc(COc2cccc(/C=C/C(=O)Nc3ccccc3S(C)(=O)=O)c2)cs1. The Labute approximate surface area is 173 Å². The van der Waals surface area contributed by atoms with Gasteiger partial charge in [0.2, 0.25) is 5.91 Å². The summed E-state index contributed by atoms with van der Waals surface area (Å²) in [5.41, 5.74) is 1.90. The molecule has 0 fully saturated rings. The predicted octanol–water partition coefficient (Wildman–Crippen LogP) is 4.09. The van der Waals surface area contributed by atoms with E-state index in [1.54, 1.807) is 35.6 Å². The Kier molecular flexibility index (Phi) is 6.46. The first-order chi connectivity index (χ1) is 13.8. The summed E-state index contributed by atoms with van der Waals surface area (Å²) in [5.74, 6) is 0.242. The summed E-state index contributed by atoms with van der Waals surface area (Å²) in [5, 5.41) is 5.55. The van der Waals surface area contributed by atoms with Crippen LogP contribution in [-0.4, -0.2) is 25.6 Å². The van der Waals surface area contributed by atoms with E-state index >= 15 is 0 Å². The van der Waals surface area contributed by atoms with Crippen LogP contribution in [0, 0.1) is 6.92 Å². The Morgan fingerprint density at radius 2 is 2.00 bits per heavy atom. The maximum atomic E-state index is 12.2. The Hall–Kier alpha value is -2.97. The van der Waals surface area contributed by atoms with Gasteiger partial charge in [0.25, 0.3) is 0 Å². The van der Waals surface area contributed by atoms with Crippen LogP contribution in [0.2, 0.25) is 0 Å². The molecule has 0 atom stereocenters. The van der Waals surface area contributed by atoms with Gasteiger partial charge in [0.1, 0.15) is 12.4 Å². The van der Waals surface area contributed by atoms with E-state index in [4.69, 9.17) is 4.74 Å². The van der Waals surface area contributed by atoms with Gasteiger partial charge in [-0.05, 0) is 42.8 Å². The highest BCUT2D eigenvalue weighted by Crippen LogP contribution is 2.21. The van der Waals surface area contributed by atoms with Crippen molar-refractivity contribution in [2.24, 2.45) is 0 Å². The Bertz CT molecular complexity index is 1150. The molecule has 1 aromatic heterocycles. The van der Waals surface area contributed by atoms with Gasteiger partial charge in [-0.2, -0.15) is 0 Å². The molecular weight excluding hydrogens is 408 g/mol. The van der Waals surface area contributed by atoms with Crippen LogP contribution in [0.4, 0.5) is 5.69 Å². The van der Waals surface area contributed by atoms with Crippen LogP contribution in [0.1, 0.15) is 16.3 Å². The van der Waals surface area contributed by atoms with Crippen LogP contribution in [-0.2, 0) is 21.2 Å². The minimum atomic E-state index is -3.44. The predicted molar refractivity (Wildman–Crippen MR) is 115 cm³/mol. The third kappa shape index (κ3) is 6.00. The average molecular weight is 429 g/mol. The van der Waals surface area contributed by atoms with E-state index in [2.05, 4.69) is 10.3 Å². The molecular formula is C21H20N2O4S2. The third-order valence-electron chi connectivity index (χ3n) is 3.88. The van der Waals surface area contributed by atoms with E-state index < -0.39 is 15.7 Å². The molecule has 3 rings (SSSR count). The number of para-hydroxylation sites is 1. The fraction of sp³-hybridized carbons (Fsp3) is 0.143. The normalized spacial score (nSPS) is 11.5. The molecule has 0 saturated carbocycles. The lowest BCUT2D eigenvalue weighted by Crippen LogP contribution is -2.11. The molecule has 0 radical (unpaired) electrons. The highest BCUT2D eigenvalue weighted by molar-refractivity contribution is 7.90. The molecule has 3 aromatic rings. The summed E-state index contributed by atoms with van der Waals surface area (Å²) in [6.45, 7) is 2.32. The smallest absolute Gasteiger partial charge is 0.248 e. The first-order valence-corrected chi connectivity index (χ1v) is 11.5. The quantitative estimate of drug-likeness (QED) is 0.573. The number of sulfone groups is 1. The number of rotatable bonds is 7. The molecule has 2 aromatic carbocycles. The molecule has 0 saturated heterocycles. The number of carbonyl (C=O) groups is 1. The maximum Gasteiger partial charge on any atom is 0.248 e. The van der Waals surface area contributed by atoms with Crippen LogP contribution in [0.15, 0.2) is 64.9 Å². The number of aromatic nitrogens is 1. The first-order valence-electron chi connectivity index (χ1n) is 8.73. The number of thiazole rings is 1. The van der Waals surface area contributed by atoms with Crippen molar-refractivity contribution in [1.29, 1.82) is 0 Å². The topological polar surface area (TPSA) is 85.4 Å². The molecule has 1 heterocycles. The van der Waals surface area contributed by atoms with Crippen LogP contribution in [0.5, 0.6) is 5.75 Å². The highest BCUT2D eigenvalue weighted by Gasteiger charge is 2.13. The van der Waals surface area contributed by atoms with Crippen molar-refractivity contribution >= 4 is 38.8 Å². The number of amides is 1. The lowest BCUT2D eigenvalue weighted by molar-refractivity contribution is -0.111. The monoisotopic (exact) mass is 428 g/mol. The standard InChI is InChI=1S/C21H20N2O4S2/c1-15-22-17(14-28-15)13-27-18-7-5-6-16(12-18)10-11-21(24)23-19-8-3-4-9-20(19)29(2,25)26/h3-12,14H,13H2,1-2H3,(H,23,24)/b11-10+. The van der Waals surface area contributed by atoms with Gasteiger partial charge in [-0.3, -0.25) is 4.79 Å². The number of nitrogens with zero attached hydrogens (tertiary/aromatic N) is 1. The summed E-state index contributed by atoms with van der Waals surface area (Å²) in [7, 11) is -3.44. The van der Waals surface area contributed by atoms with Gasteiger partial charge in [0, 0.05) is 17.7 Å². The number of benzene rings is 2. The second-order valence-electron chi connectivity index (χ2n) is 6.31. The molecule has 0 aliphatic rings. The zero-order valence-electron chi connectivity index (χ0n) is 16.0. The molecule has 150 valence electrons. The van der Waals surface area contributed by atoms with Crippen molar-refractivity contribution in [2.75, 3.05) is 11.6 Å². The van der Waals surface area contributed by atoms with Crippen LogP contribution >= 0.6 is 11.3 Å². The van der Waals surface area contributed by atoms with E-state index in [0.29, 0.717) is 12.4 Å². The van der Waals surface area contributed by atoms with Gasteiger partial charge < -0.3 is 10.1 Å². The number of hydrogen-bond donors (Lipinski definition) is 1. The molecule has 1 N–H and O–H groups in total. The number of ether oxygens (including phenoxy) is 1. The van der Waals surface area contributed by atoms with E-state index in [1.165, 1.54) is 12.1 Å². The van der Waals surface area contributed by atoms with Crippen molar-refractivity contribution in [1.82, 2.24) is 4.98 Å². The lowest BCUT2D eigenvalue weighted by atomic mass is 10.2. The van der Waals surface area contributed by atoms with Gasteiger partial charge in [-0.25, -0.2) is 13.4 Å². The summed E-state index contributed by atoms with van der Waals surface area (Å²) in [6.07, 6.45) is 4.09. The zero-order valence-corrected chi connectivity index (χ0v) is 17.6. The average Bonchev–Trinajstić information content (AvgIpc) is 3.10. The van der Waals surface area contributed by atoms with Gasteiger partial charge >= 0.3 is 0 Å². The minimum absolute atomic E-state index is 0.0782. The second-order valence-corrected chi connectivity index (χ2v) is 9.36. The highest BCUT2D eigenvalue weighted by atomic mass is 32.2. The number of nitrogens with one attached hydrogen (secondary N) is 1. The summed E-state index contributed by atoms with van der Waals surface area (Å²) in [6, 6.07) is 13.6. The van der Waals surface area contributed by atoms with Gasteiger partial charge in [0.15, 0.2) is 9.84 Å². The largest absolute Gasteiger partial charge is 0.487 e. The summed E-state index contributed by atoms with van der Waals surface area (Å²) in [4.78, 5) is 16.7. The molecule has 1 amide bonds. The molecule has 8 heteroatoms. The molecule has 0 bridgehead atoms. The van der Waals surface area contributed by atoms with Crippen LogP contribution < -0.4 is 10.1 Å². The van der Waals surface area contributed by atoms with Crippen molar-refractivity contribution in [3.63, 3.8) is 0 Å². The Balaban J connectivity index is 1.65. The summed E-state index contributed by atoms with van der Waals surface area (Å²) < 4.78 is 29.4. The van der Waals surface area contributed by atoms with Crippen molar-refractivity contribution < 1.29 is 17.9 Å². The molecule has 0 spiro atoms. The number of aryl methyl sites for hydroxylation is 1. The fourth-order valence-corrected chi connectivity index (χ4v) is 4.02. The van der Waals surface area contributed by atoms with E-state index in [0.717, 1.165) is 22.5 Å². The van der Waals surface area contributed by atoms with Crippen molar-refractivity contribution in [3.05, 3.63) is 76.3 Å². The maximum absolute atomic E-state index is 12.2. The molecule has 0 aliphatic carbocycles. The zero-order chi connectivity index (χ0) is 20.9. The third-order valence-corrected chi connectivity index (χ3v) is 5.86. The van der Waals surface area contributed by atoms with E-state index in [1.807, 2.05) is 36.6 Å². The first kappa shape index (κ1) is 20.8. The number of anilines is 1. The lowest BCUT2D eigenvalue weighted by Gasteiger charge is -2.08. The van der Waals surface area contributed by atoms with Gasteiger partial charge in [-0.1, -0.05) is 24.3 Å². The van der Waals surface area contributed by atoms with Crippen molar-refractivity contribution in [2.45, 2.75) is 18.4 Å². The van der Waals surface area contributed by atoms with E-state index in [-0.39, 0.29) is 10.6 Å². The Morgan fingerprint density at radius 3 is 2.72 bits per heavy atom. The Morgan fingerprint density at radius 1 is 1.21 bits per heavy atom. The fourth-order valence-electron chi connectivity index (χ4n) is 2.58. The molecule has 6 nitrogen and oxygen atoms in total. The summed E-state index contributed by atoms with van der Waals surface area (Å²) >= 11 is 1.57. The van der Waals surface area contributed by atoms with Crippen LogP contribution in [0.3, 0.4) is 0 Å². The number of carbonyl (C=O) groups excluding carboxylic acids is 1. The minimum Gasteiger partial charge on any atom is -0.487 e. The molecule has 29 heavy (non-hydrogen) atoms.